The average Bonchev–Trinajstić information content (AvgIpc) is 3.03. The first-order chi connectivity index (χ1) is 14.4. The zero-order valence-electron chi connectivity index (χ0n) is 17.9. The maximum atomic E-state index is 13.3. The van der Waals surface area contributed by atoms with Gasteiger partial charge in [0.1, 0.15) is 11.3 Å². The standard InChI is InChI=1S/C25H29NO3S/c1-4-5-6-21-22-15-26(30(27,28)20-10-7-17(2)8-11-20)16-25(21,22)24-14-19-13-18(3)9-12-23(19)29-24/h7-14,21-22H,4-6,15-16H2,1-3H3. The lowest BCUT2D eigenvalue weighted by atomic mass is 9.97. The Hall–Kier alpha value is -2.11. The second-order valence-corrected chi connectivity index (χ2v) is 11.1. The predicted octanol–water partition coefficient (Wildman–Crippen LogP) is 5.43. The second kappa shape index (κ2) is 6.96. The Balaban J connectivity index is 1.50. The van der Waals surface area contributed by atoms with Crippen molar-refractivity contribution in [1.82, 2.24) is 4.31 Å². The molecule has 0 N–H and O–H groups in total. The Labute approximate surface area is 178 Å². The van der Waals surface area contributed by atoms with E-state index in [2.05, 4.69) is 32.0 Å². The molecule has 0 radical (unpaired) electrons. The van der Waals surface area contributed by atoms with Gasteiger partial charge in [0.2, 0.25) is 10.0 Å². The topological polar surface area (TPSA) is 50.5 Å². The highest BCUT2D eigenvalue weighted by Crippen LogP contribution is 2.67. The Morgan fingerprint density at radius 3 is 2.53 bits per heavy atom. The molecule has 3 aromatic rings. The van der Waals surface area contributed by atoms with Crippen LogP contribution in [0.5, 0.6) is 0 Å². The summed E-state index contributed by atoms with van der Waals surface area (Å²) in [5.41, 5.74) is 2.98. The number of furan rings is 1. The molecule has 158 valence electrons. The van der Waals surface area contributed by atoms with Crippen LogP contribution in [0.15, 0.2) is 57.8 Å². The van der Waals surface area contributed by atoms with Gasteiger partial charge in [0.15, 0.2) is 0 Å². The van der Waals surface area contributed by atoms with Gasteiger partial charge in [-0.25, -0.2) is 8.42 Å². The van der Waals surface area contributed by atoms with E-state index < -0.39 is 10.0 Å². The first-order valence-electron chi connectivity index (χ1n) is 10.9. The molecule has 30 heavy (non-hydrogen) atoms. The molecule has 2 aliphatic rings. The Bertz CT molecular complexity index is 1190. The van der Waals surface area contributed by atoms with Crippen LogP contribution < -0.4 is 0 Å². The van der Waals surface area contributed by atoms with E-state index in [1.165, 1.54) is 12.0 Å². The summed E-state index contributed by atoms with van der Waals surface area (Å²) in [5.74, 6) is 1.81. The van der Waals surface area contributed by atoms with Crippen molar-refractivity contribution in [3.63, 3.8) is 0 Å². The molecule has 1 aliphatic carbocycles. The summed E-state index contributed by atoms with van der Waals surface area (Å²) in [6, 6.07) is 15.6. The molecule has 0 bridgehead atoms. The van der Waals surface area contributed by atoms with E-state index in [4.69, 9.17) is 4.42 Å². The fourth-order valence-electron chi connectivity index (χ4n) is 5.47. The first kappa shape index (κ1) is 19.8. The number of hydrogen-bond acceptors (Lipinski definition) is 3. The number of unbranched alkanes of at least 4 members (excludes halogenated alkanes) is 1. The molecule has 0 amide bonds. The largest absolute Gasteiger partial charge is 0.460 e. The van der Waals surface area contributed by atoms with Crippen molar-refractivity contribution in [2.24, 2.45) is 11.8 Å². The summed E-state index contributed by atoms with van der Waals surface area (Å²) < 4.78 is 34.6. The number of benzene rings is 2. The smallest absolute Gasteiger partial charge is 0.243 e. The minimum absolute atomic E-state index is 0.181. The van der Waals surface area contributed by atoms with Gasteiger partial charge in [-0.3, -0.25) is 0 Å². The van der Waals surface area contributed by atoms with Gasteiger partial charge < -0.3 is 4.42 Å². The van der Waals surface area contributed by atoms with Crippen molar-refractivity contribution in [2.45, 2.75) is 50.3 Å². The van der Waals surface area contributed by atoms with E-state index in [1.54, 1.807) is 16.4 Å². The molecular formula is C25H29NO3S. The Morgan fingerprint density at radius 2 is 1.80 bits per heavy atom. The molecule has 1 aliphatic heterocycles. The lowest BCUT2D eigenvalue weighted by Gasteiger charge is -2.23. The average molecular weight is 424 g/mol. The van der Waals surface area contributed by atoms with E-state index in [0.29, 0.717) is 29.8 Å². The van der Waals surface area contributed by atoms with Crippen LogP contribution in [0.3, 0.4) is 0 Å². The summed E-state index contributed by atoms with van der Waals surface area (Å²) in [6.07, 6.45) is 3.46. The van der Waals surface area contributed by atoms with Crippen molar-refractivity contribution in [1.29, 1.82) is 0 Å². The normalized spacial score (nSPS) is 26.2. The highest BCUT2D eigenvalue weighted by atomic mass is 32.2. The molecule has 1 saturated carbocycles. The lowest BCUT2D eigenvalue weighted by Crippen LogP contribution is -2.34. The van der Waals surface area contributed by atoms with E-state index in [9.17, 15) is 8.42 Å². The number of sulfonamides is 1. The summed E-state index contributed by atoms with van der Waals surface area (Å²) >= 11 is 0. The van der Waals surface area contributed by atoms with Crippen LogP contribution in [-0.4, -0.2) is 25.8 Å². The molecule has 5 rings (SSSR count). The summed E-state index contributed by atoms with van der Waals surface area (Å²) in [7, 11) is -3.49. The third kappa shape index (κ3) is 2.94. The van der Waals surface area contributed by atoms with Gasteiger partial charge in [0.05, 0.1) is 4.90 Å². The van der Waals surface area contributed by atoms with Gasteiger partial charge in [-0.15, -0.1) is 0 Å². The minimum Gasteiger partial charge on any atom is -0.460 e. The molecule has 2 heterocycles. The zero-order valence-corrected chi connectivity index (χ0v) is 18.7. The van der Waals surface area contributed by atoms with Gasteiger partial charge in [-0.1, -0.05) is 49.1 Å². The van der Waals surface area contributed by atoms with Gasteiger partial charge in [0.25, 0.3) is 0 Å². The summed E-state index contributed by atoms with van der Waals surface area (Å²) in [6.45, 7) is 7.36. The van der Waals surface area contributed by atoms with Crippen molar-refractivity contribution in [3.05, 3.63) is 65.4 Å². The lowest BCUT2D eigenvalue weighted by molar-refractivity contribution is 0.363. The summed E-state index contributed by atoms with van der Waals surface area (Å²) in [5, 5.41) is 1.11. The second-order valence-electron chi connectivity index (χ2n) is 9.16. The van der Waals surface area contributed by atoms with Crippen LogP contribution in [0.25, 0.3) is 11.0 Å². The van der Waals surface area contributed by atoms with Crippen LogP contribution >= 0.6 is 0 Å². The molecular weight excluding hydrogens is 394 g/mol. The minimum atomic E-state index is -3.49. The quantitative estimate of drug-likeness (QED) is 0.531. The SMILES string of the molecule is CCCCC1C2CN(S(=O)(=O)c3ccc(C)cc3)CC12c1cc2cc(C)ccc2o1. The number of nitrogens with zero attached hydrogens (tertiary/aromatic N) is 1. The number of piperidine rings is 1. The number of fused-ring (bicyclic) bond motifs is 2. The number of hydrogen-bond donors (Lipinski definition) is 0. The molecule has 3 unspecified atom stereocenters. The van der Waals surface area contributed by atoms with Crippen LogP contribution in [0.2, 0.25) is 0 Å². The van der Waals surface area contributed by atoms with Crippen LogP contribution in [0.1, 0.15) is 43.1 Å². The molecule has 4 nitrogen and oxygen atoms in total. The van der Waals surface area contributed by atoms with Gasteiger partial charge in [0, 0.05) is 23.9 Å². The molecule has 3 atom stereocenters. The van der Waals surface area contributed by atoms with E-state index >= 15 is 0 Å². The van der Waals surface area contributed by atoms with Crippen molar-refractivity contribution < 1.29 is 12.8 Å². The van der Waals surface area contributed by atoms with Gasteiger partial charge in [-0.05, 0) is 62.4 Å². The van der Waals surface area contributed by atoms with Crippen LogP contribution in [0, 0.1) is 25.7 Å². The molecule has 0 spiro atoms. The van der Waals surface area contributed by atoms with Crippen LogP contribution in [0.4, 0.5) is 0 Å². The predicted molar refractivity (Wildman–Crippen MR) is 119 cm³/mol. The fraction of sp³-hybridized carbons (Fsp3) is 0.440. The fourth-order valence-corrected chi connectivity index (χ4v) is 6.98. The molecule has 5 heteroatoms. The third-order valence-electron chi connectivity index (χ3n) is 7.20. The molecule has 2 fully saturated rings. The van der Waals surface area contributed by atoms with E-state index in [1.807, 2.05) is 25.1 Å². The van der Waals surface area contributed by atoms with E-state index in [0.717, 1.165) is 35.1 Å². The van der Waals surface area contributed by atoms with Crippen molar-refractivity contribution in [2.75, 3.05) is 13.1 Å². The van der Waals surface area contributed by atoms with Gasteiger partial charge in [-0.2, -0.15) is 4.31 Å². The Morgan fingerprint density at radius 1 is 1.07 bits per heavy atom. The maximum Gasteiger partial charge on any atom is 0.243 e. The van der Waals surface area contributed by atoms with Crippen molar-refractivity contribution in [3.8, 4) is 0 Å². The monoisotopic (exact) mass is 423 g/mol. The number of aryl methyl sites for hydroxylation is 2. The highest BCUT2D eigenvalue weighted by molar-refractivity contribution is 7.89. The third-order valence-corrected chi connectivity index (χ3v) is 9.02. The van der Waals surface area contributed by atoms with Crippen molar-refractivity contribution >= 4 is 21.0 Å². The summed E-state index contributed by atoms with van der Waals surface area (Å²) in [4.78, 5) is 0.384. The highest BCUT2D eigenvalue weighted by Gasteiger charge is 2.72. The molecule has 2 aromatic carbocycles. The molecule has 1 aromatic heterocycles. The van der Waals surface area contributed by atoms with Gasteiger partial charge >= 0.3 is 0 Å². The van der Waals surface area contributed by atoms with E-state index in [-0.39, 0.29) is 5.41 Å². The maximum absolute atomic E-state index is 13.3. The van der Waals surface area contributed by atoms with Crippen LogP contribution in [-0.2, 0) is 15.4 Å². The zero-order chi connectivity index (χ0) is 21.1. The molecule has 1 saturated heterocycles. The number of rotatable bonds is 6. The Kier molecular flexibility index (Phi) is 4.60. The first-order valence-corrected chi connectivity index (χ1v) is 12.4.